The predicted molar refractivity (Wildman–Crippen MR) is 76.3 cm³/mol. The first-order valence-electron chi connectivity index (χ1n) is 5.59. The van der Waals surface area contributed by atoms with E-state index in [1.807, 2.05) is 23.1 Å². The van der Waals surface area contributed by atoms with Crippen LogP contribution < -0.4 is 5.73 Å². The monoisotopic (exact) mass is 251 g/mol. The molecule has 2 aromatic rings. The highest BCUT2D eigenvalue weighted by Crippen LogP contribution is 2.28. The van der Waals surface area contributed by atoms with E-state index in [4.69, 9.17) is 5.73 Å². The van der Waals surface area contributed by atoms with Crippen LogP contribution in [0.3, 0.4) is 0 Å². The number of thiophene rings is 1. The molecular formula is C13H17NS2. The second kappa shape index (κ2) is 5.71. The molecule has 16 heavy (non-hydrogen) atoms. The Balaban J connectivity index is 1.99. The average molecular weight is 251 g/mol. The van der Waals surface area contributed by atoms with Crippen molar-refractivity contribution < 1.29 is 0 Å². The summed E-state index contributed by atoms with van der Waals surface area (Å²) in [7, 11) is 0. The SMILES string of the molecule is CCC(N)CSCc1csc2ccccc12. The molecule has 1 aromatic heterocycles. The molecule has 1 aromatic carbocycles. The number of hydrogen-bond donors (Lipinski definition) is 1. The van der Waals surface area contributed by atoms with Crippen molar-refractivity contribution in [3.63, 3.8) is 0 Å². The van der Waals surface area contributed by atoms with E-state index in [9.17, 15) is 0 Å². The fourth-order valence-corrected chi connectivity index (χ4v) is 3.77. The molecule has 3 heteroatoms. The Morgan fingerprint density at radius 3 is 3.00 bits per heavy atom. The van der Waals surface area contributed by atoms with Crippen molar-refractivity contribution in [3.8, 4) is 0 Å². The molecule has 86 valence electrons. The first-order chi connectivity index (χ1) is 7.81. The molecule has 2 rings (SSSR count). The molecule has 0 spiro atoms. The number of thioether (sulfide) groups is 1. The molecule has 0 fully saturated rings. The summed E-state index contributed by atoms with van der Waals surface area (Å²) < 4.78 is 1.39. The molecular weight excluding hydrogens is 234 g/mol. The topological polar surface area (TPSA) is 26.0 Å². The van der Waals surface area contributed by atoms with Crippen LogP contribution in [0.2, 0.25) is 0 Å². The van der Waals surface area contributed by atoms with Crippen LogP contribution in [-0.4, -0.2) is 11.8 Å². The lowest BCUT2D eigenvalue weighted by Gasteiger charge is -2.07. The largest absolute Gasteiger partial charge is 0.327 e. The minimum Gasteiger partial charge on any atom is -0.327 e. The summed E-state index contributed by atoms with van der Waals surface area (Å²) in [5.41, 5.74) is 7.36. The third-order valence-electron chi connectivity index (χ3n) is 2.68. The van der Waals surface area contributed by atoms with Crippen LogP contribution in [-0.2, 0) is 5.75 Å². The minimum absolute atomic E-state index is 0.342. The Morgan fingerprint density at radius 1 is 1.38 bits per heavy atom. The predicted octanol–water partition coefficient (Wildman–Crippen LogP) is 3.87. The zero-order chi connectivity index (χ0) is 11.4. The molecule has 0 radical (unpaired) electrons. The van der Waals surface area contributed by atoms with E-state index < -0.39 is 0 Å². The van der Waals surface area contributed by atoms with E-state index in [0.29, 0.717) is 6.04 Å². The Bertz CT molecular complexity index is 450. The maximum absolute atomic E-state index is 5.91. The second-order valence-corrected chi connectivity index (χ2v) is 5.88. The zero-order valence-electron chi connectivity index (χ0n) is 9.48. The number of rotatable bonds is 5. The van der Waals surface area contributed by atoms with Gasteiger partial charge in [0.2, 0.25) is 0 Å². The third-order valence-corrected chi connectivity index (χ3v) is 4.87. The van der Waals surface area contributed by atoms with Crippen LogP contribution in [0, 0.1) is 0 Å². The maximum Gasteiger partial charge on any atom is 0.0345 e. The van der Waals surface area contributed by atoms with Crippen LogP contribution >= 0.6 is 23.1 Å². The highest BCUT2D eigenvalue weighted by Gasteiger charge is 2.04. The molecule has 0 aliphatic heterocycles. The Hall–Kier alpha value is -0.510. The summed E-state index contributed by atoms with van der Waals surface area (Å²) in [6.07, 6.45) is 1.07. The van der Waals surface area contributed by atoms with Crippen molar-refractivity contribution in [2.45, 2.75) is 25.1 Å². The quantitative estimate of drug-likeness (QED) is 0.873. The summed E-state index contributed by atoms with van der Waals surface area (Å²) in [6, 6.07) is 8.95. The smallest absolute Gasteiger partial charge is 0.0345 e. The zero-order valence-corrected chi connectivity index (χ0v) is 11.1. The first kappa shape index (κ1) is 12.0. The molecule has 0 saturated carbocycles. The maximum atomic E-state index is 5.91. The molecule has 1 nitrogen and oxygen atoms in total. The van der Waals surface area contributed by atoms with E-state index in [-0.39, 0.29) is 0 Å². The van der Waals surface area contributed by atoms with Gasteiger partial charge in [-0.3, -0.25) is 0 Å². The molecule has 0 saturated heterocycles. The van der Waals surface area contributed by atoms with Crippen LogP contribution in [0.25, 0.3) is 10.1 Å². The fourth-order valence-electron chi connectivity index (χ4n) is 1.58. The Kier molecular flexibility index (Phi) is 4.27. The highest BCUT2D eigenvalue weighted by atomic mass is 32.2. The van der Waals surface area contributed by atoms with Gasteiger partial charge >= 0.3 is 0 Å². The van der Waals surface area contributed by atoms with Crippen molar-refractivity contribution in [2.24, 2.45) is 5.73 Å². The van der Waals surface area contributed by atoms with E-state index in [1.54, 1.807) is 0 Å². The van der Waals surface area contributed by atoms with Crippen LogP contribution in [0.1, 0.15) is 18.9 Å². The molecule has 0 amide bonds. The number of benzene rings is 1. The average Bonchev–Trinajstić information content (AvgIpc) is 2.73. The van der Waals surface area contributed by atoms with E-state index in [1.165, 1.54) is 15.6 Å². The molecule has 2 N–H and O–H groups in total. The van der Waals surface area contributed by atoms with Gasteiger partial charge in [-0.15, -0.1) is 11.3 Å². The summed E-state index contributed by atoms with van der Waals surface area (Å²) >= 11 is 3.77. The van der Waals surface area contributed by atoms with Gasteiger partial charge in [-0.25, -0.2) is 0 Å². The first-order valence-corrected chi connectivity index (χ1v) is 7.63. The van der Waals surface area contributed by atoms with Gasteiger partial charge in [-0.1, -0.05) is 25.1 Å². The Labute approximate surface area is 105 Å². The van der Waals surface area contributed by atoms with E-state index >= 15 is 0 Å². The lowest BCUT2D eigenvalue weighted by atomic mass is 10.2. The van der Waals surface area contributed by atoms with Crippen LogP contribution in [0.5, 0.6) is 0 Å². The number of nitrogens with two attached hydrogens (primary N) is 1. The molecule has 0 aliphatic carbocycles. The minimum atomic E-state index is 0.342. The van der Waals surface area contributed by atoms with Gasteiger partial charge in [0.15, 0.2) is 0 Å². The van der Waals surface area contributed by atoms with Crippen molar-refractivity contribution in [2.75, 3.05) is 5.75 Å². The second-order valence-electron chi connectivity index (χ2n) is 3.94. The lowest BCUT2D eigenvalue weighted by Crippen LogP contribution is -2.21. The van der Waals surface area contributed by atoms with Crippen LogP contribution in [0.15, 0.2) is 29.6 Å². The van der Waals surface area contributed by atoms with Crippen molar-refractivity contribution in [3.05, 3.63) is 35.2 Å². The molecule has 1 heterocycles. The molecule has 1 atom stereocenters. The van der Waals surface area contributed by atoms with Gasteiger partial charge in [-0.05, 0) is 28.8 Å². The third kappa shape index (κ3) is 2.78. The van der Waals surface area contributed by atoms with Crippen molar-refractivity contribution in [1.29, 1.82) is 0 Å². The molecule has 0 aliphatic rings. The fraction of sp³-hybridized carbons (Fsp3) is 0.385. The summed E-state index contributed by atoms with van der Waals surface area (Å²) in [6.45, 7) is 2.14. The van der Waals surface area contributed by atoms with Gasteiger partial charge in [-0.2, -0.15) is 11.8 Å². The standard InChI is InChI=1S/C13H17NS2/c1-2-11(14)9-15-7-10-8-16-13-6-4-3-5-12(10)13/h3-6,8,11H,2,7,9,14H2,1H3. The van der Waals surface area contributed by atoms with E-state index in [2.05, 4.69) is 36.6 Å². The molecule has 1 unspecified atom stereocenters. The Morgan fingerprint density at radius 2 is 2.19 bits per heavy atom. The van der Waals surface area contributed by atoms with Gasteiger partial charge in [0.05, 0.1) is 0 Å². The molecule has 0 bridgehead atoms. The summed E-state index contributed by atoms with van der Waals surface area (Å²) in [5, 5.41) is 3.68. The van der Waals surface area contributed by atoms with Crippen LogP contribution in [0.4, 0.5) is 0 Å². The summed E-state index contributed by atoms with van der Waals surface area (Å²) in [5.74, 6) is 2.14. The van der Waals surface area contributed by atoms with Crippen molar-refractivity contribution >= 4 is 33.2 Å². The van der Waals surface area contributed by atoms with Crippen molar-refractivity contribution in [1.82, 2.24) is 0 Å². The normalized spacial score (nSPS) is 13.1. The van der Waals surface area contributed by atoms with Gasteiger partial charge in [0.25, 0.3) is 0 Å². The van der Waals surface area contributed by atoms with Gasteiger partial charge in [0.1, 0.15) is 0 Å². The van der Waals surface area contributed by atoms with E-state index in [0.717, 1.165) is 17.9 Å². The van der Waals surface area contributed by atoms with Gasteiger partial charge in [0, 0.05) is 22.2 Å². The number of hydrogen-bond acceptors (Lipinski definition) is 3. The van der Waals surface area contributed by atoms with Gasteiger partial charge < -0.3 is 5.73 Å². The highest BCUT2D eigenvalue weighted by molar-refractivity contribution is 7.98. The number of fused-ring (bicyclic) bond motifs is 1. The lowest BCUT2D eigenvalue weighted by molar-refractivity contribution is 0.725. The summed E-state index contributed by atoms with van der Waals surface area (Å²) in [4.78, 5) is 0.